The Kier molecular flexibility index (Phi) is 8.74. The summed E-state index contributed by atoms with van der Waals surface area (Å²) in [6.07, 6.45) is 8.95. The maximum atomic E-state index is 15.0. The number of hydrogen-bond acceptors (Lipinski definition) is 4. The number of carbonyl (C=O) groups excluding carboxylic acids is 1. The quantitative estimate of drug-likeness (QED) is 0.159. The van der Waals surface area contributed by atoms with Crippen LogP contribution in [0, 0.1) is 5.82 Å². The highest BCUT2D eigenvalue weighted by atomic mass is 31.1. The molecule has 3 aromatic carbocycles. The van der Waals surface area contributed by atoms with Crippen LogP contribution in [-0.4, -0.2) is 66.8 Å². The first kappa shape index (κ1) is 34.9. The van der Waals surface area contributed by atoms with Gasteiger partial charge in [0.05, 0.1) is 29.2 Å². The molecule has 0 radical (unpaired) electrons. The lowest BCUT2D eigenvalue weighted by molar-refractivity contribution is -0.0592. The number of aromatic nitrogens is 5. The number of halogens is 1. The number of nitrogens with zero attached hydrogens (tertiary/aromatic N) is 5. The summed E-state index contributed by atoms with van der Waals surface area (Å²) < 4.78 is 26.0. The second kappa shape index (κ2) is 13.5. The van der Waals surface area contributed by atoms with Gasteiger partial charge in [0.25, 0.3) is 5.91 Å². The van der Waals surface area contributed by atoms with E-state index in [0.717, 1.165) is 66.3 Å². The van der Waals surface area contributed by atoms with Crippen molar-refractivity contribution in [1.82, 2.24) is 28.8 Å². The molecule has 2 fully saturated rings. The molecule has 3 aromatic heterocycles. The first-order valence-corrected chi connectivity index (χ1v) is 21.4. The Balaban J connectivity index is 1.07. The summed E-state index contributed by atoms with van der Waals surface area (Å²) in [5, 5.41) is 6.06. The number of imidazole rings is 1. The number of rotatable bonds is 8. The number of hydrogen-bond donors (Lipinski definition) is 1. The molecular weight excluding hydrogens is 698 g/mol. The molecule has 0 spiro atoms. The number of nitrogens with one attached hydrogen (secondary N) is 1. The lowest BCUT2D eigenvalue weighted by Gasteiger charge is -2.35. The van der Waals surface area contributed by atoms with Gasteiger partial charge in [-0.1, -0.05) is 18.2 Å². The number of H-pyrrole nitrogens is 1. The minimum atomic E-state index is -0.243. The Hall–Kier alpha value is -4.79. The van der Waals surface area contributed by atoms with Crippen molar-refractivity contribution in [3.63, 3.8) is 0 Å². The number of ether oxygens (including phenoxy) is 1. The van der Waals surface area contributed by atoms with Crippen molar-refractivity contribution < 1.29 is 13.9 Å². The van der Waals surface area contributed by atoms with Crippen LogP contribution in [0.4, 0.5) is 4.39 Å². The number of benzene rings is 3. The van der Waals surface area contributed by atoms with Gasteiger partial charge in [0.2, 0.25) is 0 Å². The van der Waals surface area contributed by atoms with Gasteiger partial charge in [-0.2, -0.15) is 5.10 Å². The topological polar surface area (TPSA) is 90.1 Å². The molecule has 9 nitrogen and oxygen atoms in total. The third-order valence-electron chi connectivity index (χ3n) is 11.3. The van der Waals surface area contributed by atoms with E-state index in [-0.39, 0.29) is 43.4 Å². The van der Waals surface area contributed by atoms with E-state index in [1.165, 1.54) is 17.2 Å². The van der Waals surface area contributed by atoms with Gasteiger partial charge in [-0.05, 0) is 136 Å². The van der Waals surface area contributed by atoms with Crippen molar-refractivity contribution in [3.05, 3.63) is 129 Å². The predicted molar refractivity (Wildman–Crippen MR) is 212 cm³/mol. The fraction of sp³-hybridized carbons (Fsp3) is 0.372. The standard InChI is InChI=1S/C43H46FN6O3P/c1-43(2)24-30(16-20-53-43)29-9-14-37-31(21-29)22-39(45-37)41(51)47-17-15-38-35(25-47)40(50(46-38)33-12-13-36(44)34(23-33)28-7-8-28)49-19-18-48(42(49)52)32-10-5-27(6-11-32)26-54(3)4/h5-6,9-14,18-19,21-23,28,30,45H,7-8,15-17,20,24-26H2,1-4H3. The first-order valence-electron chi connectivity index (χ1n) is 19.0. The van der Waals surface area contributed by atoms with Gasteiger partial charge in [-0.3, -0.25) is 13.9 Å². The highest BCUT2D eigenvalue weighted by Gasteiger charge is 2.33. The Labute approximate surface area is 315 Å². The van der Waals surface area contributed by atoms with Gasteiger partial charge in [-0.25, -0.2) is 13.9 Å². The van der Waals surface area contributed by atoms with Crippen LogP contribution in [-0.2, 0) is 23.9 Å². The normalized spacial score (nSPS) is 18.4. The highest BCUT2D eigenvalue weighted by molar-refractivity contribution is 7.55. The van der Waals surface area contributed by atoms with E-state index in [4.69, 9.17) is 9.84 Å². The summed E-state index contributed by atoms with van der Waals surface area (Å²) in [6, 6.07) is 21.7. The van der Waals surface area contributed by atoms with E-state index < -0.39 is 0 Å². The number of aromatic amines is 1. The second-order valence-corrected chi connectivity index (χ2v) is 18.6. The molecule has 1 aliphatic carbocycles. The maximum absolute atomic E-state index is 15.0. The van der Waals surface area contributed by atoms with Gasteiger partial charge in [0, 0.05) is 48.4 Å². The molecule has 11 heteroatoms. The molecule has 1 amide bonds. The molecule has 1 saturated heterocycles. The third kappa shape index (κ3) is 6.53. The molecule has 3 aliphatic rings. The zero-order valence-electron chi connectivity index (χ0n) is 31.3. The largest absolute Gasteiger partial charge is 0.376 e. The van der Waals surface area contributed by atoms with E-state index in [9.17, 15) is 14.0 Å². The Morgan fingerprint density at radius 1 is 0.963 bits per heavy atom. The minimum absolute atomic E-state index is 0.0793. The molecule has 1 atom stereocenters. The fourth-order valence-corrected chi connectivity index (χ4v) is 9.34. The molecule has 2 aliphatic heterocycles. The monoisotopic (exact) mass is 744 g/mol. The van der Waals surface area contributed by atoms with Crippen molar-refractivity contribution in [2.75, 3.05) is 26.5 Å². The average Bonchev–Trinajstić information content (AvgIpc) is 3.63. The molecule has 1 unspecified atom stereocenters. The lowest BCUT2D eigenvalue weighted by Crippen LogP contribution is -2.36. The Morgan fingerprint density at radius 2 is 1.74 bits per heavy atom. The summed E-state index contributed by atoms with van der Waals surface area (Å²) in [5.74, 6) is 0.858. The smallest absolute Gasteiger partial charge is 0.338 e. The average molecular weight is 745 g/mol. The predicted octanol–water partition coefficient (Wildman–Crippen LogP) is 8.42. The summed E-state index contributed by atoms with van der Waals surface area (Å²) in [7, 11) is -0.0793. The van der Waals surface area contributed by atoms with Crippen LogP contribution in [0.15, 0.2) is 83.9 Å². The van der Waals surface area contributed by atoms with Crippen LogP contribution >= 0.6 is 7.92 Å². The van der Waals surface area contributed by atoms with Crippen LogP contribution in [0.2, 0.25) is 0 Å². The van der Waals surface area contributed by atoms with Crippen LogP contribution in [0.1, 0.15) is 89.8 Å². The van der Waals surface area contributed by atoms with Crippen LogP contribution in [0.25, 0.3) is 28.1 Å². The summed E-state index contributed by atoms with van der Waals surface area (Å²) >= 11 is 0. The SMILES string of the molecule is CP(C)Cc1ccc(-n2ccn(-c3c4c(nn3-c3ccc(F)c(C5CC5)c3)CCN(C(=O)c3cc5cc(C6CCOC(C)(C)C6)ccc5[nH]3)C4)c2=O)cc1. The highest BCUT2D eigenvalue weighted by Crippen LogP contribution is 2.42. The summed E-state index contributed by atoms with van der Waals surface area (Å²) in [6.45, 7) is 10.3. The summed E-state index contributed by atoms with van der Waals surface area (Å²) in [5.41, 5.74) is 7.36. The van der Waals surface area contributed by atoms with E-state index in [1.807, 2.05) is 29.2 Å². The molecule has 5 heterocycles. The van der Waals surface area contributed by atoms with E-state index >= 15 is 0 Å². The molecule has 54 heavy (non-hydrogen) atoms. The molecule has 1 saturated carbocycles. The van der Waals surface area contributed by atoms with E-state index in [1.54, 1.807) is 32.3 Å². The van der Waals surface area contributed by atoms with Crippen molar-refractivity contribution in [2.45, 2.75) is 76.1 Å². The maximum Gasteiger partial charge on any atom is 0.338 e. The zero-order valence-corrected chi connectivity index (χ0v) is 32.2. The third-order valence-corrected chi connectivity index (χ3v) is 12.3. The first-order chi connectivity index (χ1) is 26.0. The van der Waals surface area contributed by atoms with E-state index in [2.05, 4.69) is 62.5 Å². The Bertz CT molecular complexity index is 2450. The number of amides is 1. The van der Waals surface area contributed by atoms with Gasteiger partial charge in [-0.15, -0.1) is 7.92 Å². The molecule has 1 N–H and O–H groups in total. The fourth-order valence-electron chi connectivity index (χ4n) is 8.40. The van der Waals surface area contributed by atoms with Gasteiger partial charge >= 0.3 is 5.69 Å². The minimum Gasteiger partial charge on any atom is -0.376 e. The van der Waals surface area contributed by atoms with Gasteiger partial charge in [0.1, 0.15) is 17.3 Å². The number of carbonyl (C=O) groups is 1. The molecular formula is C43H46FN6O3P. The lowest BCUT2D eigenvalue weighted by atomic mass is 9.83. The van der Waals surface area contributed by atoms with E-state index in [0.29, 0.717) is 41.6 Å². The molecule has 9 rings (SSSR count). The molecule has 6 aromatic rings. The Morgan fingerprint density at radius 3 is 2.50 bits per heavy atom. The second-order valence-electron chi connectivity index (χ2n) is 16.2. The van der Waals surface area contributed by atoms with Crippen molar-refractivity contribution in [3.8, 4) is 17.2 Å². The summed E-state index contributed by atoms with van der Waals surface area (Å²) in [4.78, 5) is 33.7. The zero-order chi connectivity index (χ0) is 37.3. The van der Waals surface area contributed by atoms with Crippen molar-refractivity contribution in [2.24, 2.45) is 0 Å². The van der Waals surface area contributed by atoms with Gasteiger partial charge in [0.15, 0.2) is 0 Å². The number of fused-ring (bicyclic) bond motifs is 2. The van der Waals surface area contributed by atoms with Crippen LogP contribution in [0.5, 0.6) is 0 Å². The van der Waals surface area contributed by atoms with Crippen LogP contribution < -0.4 is 5.69 Å². The molecule has 0 bridgehead atoms. The van der Waals surface area contributed by atoms with Crippen molar-refractivity contribution >= 4 is 24.7 Å². The molecule has 278 valence electrons. The van der Waals surface area contributed by atoms with Crippen LogP contribution in [0.3, 0.4) is 0 Å². The van der Waals surface area contributed by atoms with Crippen molar-refractivity contribution in [1.29, 1.82) is 0 Å². The van der Waals surface area contributed by atoms with Gasteiger partial charge < -0.3 is 14.6 Å².